The van der Waals surface area contributed by atoms with Gasteiger partial charge < -0.3 is 10.0 Å². The molecule has 0 saturated carbocycles. The lowest BCUT2D eigenvalue weighted by Gasteiger charge is -2.37. The lowest BCUT2D eigenvalue weighted by Crippen LogP contribution is -2.49. The van der Waals surface area contributed by atoms with Crippen molar-refractivity contribution < 1.29 is 14.7 Å². The van der Waals surface area contributed by atoms with Crippen molar-refractivity contribution in [3.8, 4) is 0 Å². The number of piperidine rings is 1. The van der Waals surface area contributed by atoms with Crippen LogP contribution in [-0.4, -0.2) is 34.5 Å². The molecule has 4 heteroatoms. The van der Waals surface area contributed by atoms with Gasteiger partial charge in [0.2, 0.25) is 5.91 Å². The van der Waals surface area contributed by atoms with Gasteiger partial charge in [-0.3, -0.25) is 9.59 Å². The molecule has 0 bridgehead atoms. The molecule has 0 radical (unpaired) electrons. The van der Waals surface area contributed by atoms with E-state index < -0.39 is 5.97 Å². The number of carbonyl (C=O) groups is 2. The number of nitrogens with zero attached hydrogens (tertiary/aromatic N) is 1. The lowest BCUT2D eigenvalue weighted by molar-refractivity contribution is -0.149. The van der Waals surface area contributed by atoms with E-state index >= 15 is 0 Å². The van der Waals surface area contributed by atoms with Gasteiger partial charge in [-0.25, -0.2) is 0 Å². The predicted molar refractivity (Wildman–Crippen MR) is 61.1 cm³/mol. The van der Waals surface area contributed by atoms with Crippen LogP contribution in [0.4, 0.5) is 0 Å². The molecule has 1 rings (SSSR count). The topological polar surface area (TPSA) is 57.6 Å². The van der Waals surface area contributed by atoms with E-state index in [0.29, 0.717) is 19.4 Å². The van der Waals surface area contributed by atoms with Gasteiger partial charge in [0.05, 0.1) is 5.92 Å². The molecule has 1 saturated heterocycles. The normalized spacial score (nSPS) is 25.5. The van der Waals surface area contributed by atoms with E-state index in [0.717, 1.165) is 19.3 Å². The predicted octanol–water partition coefficient (Wildman–Crippen LogP) is 1.89. The van der Waals surface area contributed by atoms with Gasteiger partial charge in [-0.2, -0.15) is 0 Å². The third kappa shape index (κ3) is 2.97. The molecule has 1 N–H and O–H groups in total. The first-order chi connectivity index (χ1) is 7.57. The van der Waals surface area contributed by atoms with Crippen molar-refractivity contribution in [2.45, 2.75) is 52.0 Å². The Labute approximate surface area is 96.6 Å². The molecule has 0 spiro atoms. The van der Waals surface area contributed by atoms with Crippen molar-refractivity contribution in [1.29, 1.82) is 0 Å². The number of hydrogen-bond acceptors (Lipinski definition) is 2. The highest BCUT2D eigenvalue weighted by Crippen LogP contribution is 2.24. The van der Waals surface area contributed by atoms with Gasteiger partial charge in [-0.15, -0.1) is 0 Å². The Kier molecular flexibility index (Phi) is 4.77. The summed E-state index contributed by atoms with van der Waals surface area (Å²) < 4.78 is 0. The first-order valence-corrected chi connectivity index (χ1v) is 6.10. The maximum absolute atomic E-state index is 11.9. The summed E-state index contributed by atoms with van der Waals surface area (Å²) in [4.78, 5) is 24.6. The zero-order valence-electron chi connectivity index (χ0n) is 10.1. The van der Waals surface area contributed by atoms with E-state index in [2.05, 4.69) is 0 Å². The molecular weight excluding hydrogens is 206 g/mol. The van der Waals surface area contributed by atoms with Crippen LogP contribution in [0, 0.1) is 5.92 Å². The molecule has 1 heterocycles. The number of aliphatic carboxylic acids is 1. The molecule has 2 atom stereocenters. The Morgan fingerprint density at radius 1 is 1.44 bits per heavy atom. The van der Waals surface area contributed by atoms with E-state index in [1.807, 2.05) is 13.8 Å². The molecule has 16 heavy (non-hydrogen) atoms. The summed E-state index contributed by atoms with van der Waals surface area (Å²) in [6.07, 6.45) is 3.93. The summed E-state index contributed by atoms with van der Waals surface area (Å²) in [7, 11) is 0. The molecule has 1 fully saturated rings. The Balaban J connectivity index is 2.59. The zero-order valence-corrected chi connectivity index (χ0v) is 10.1. The quantitative estimate of drug-likeness (QED) is 0.797. The molecule has 0 aliphatic carbocycles. The van der Waals surface area contributed by atoms with Crippen molar-refractivity contribution in [3.05, 3.63) is 0 Å². The number of hydrogen-bond donors (Lipinski definition) is 1. The fourth-order valence-electron chi connectivity index (χ4n) is 2.30. The second-order valence-corrected chi connectivity index (χ2v) is 4.52. The first kappa shape index (κ1) is 13.0. The Bertz CT molecular complexity index is 265. The number of amides is 1. The fraction of sp³-hybridized carbons (Fsp3) is 0.833. The van der Waals surface area contributed by atoms with Crippen LogP contribution in [0.15, 0.2) is 0 Å². The molecule has 1 aliphatic heterocycles. The van der Waals surface area contributed by atoms with Gasteiger partial charge in [0, 0.05) is 19.0 Å². The third-order valence-corrected chi connectivity index (χ3v) is 3.37. The number of carboxylic acids is 1. The zero-order chi connectivity index (χ0) is 12.1. The van der Waals surface area contributed by atoms with Crippen molar-refractivity contribution >= 4 is 11.9 Å². The van der Waals surface area contributed by atoms with Crippen LogP contribution in [0.25, 0.3) is 0 Å². The highest BCUT2D eigenvalue weighted by Gasteiger charge is 2.34. The van der Waals surface area contributed by atoms with E-state index in [1.165, 1.54) is 0 Å². The van der Waals surface area contributed by atoms with Crippen LogP contribution in [-0.2, 0) is 9.59 Å². The molecule has 92 valence electrons. The summed E-state index contributed by atoms with van der Waals surface area (Å²) in [5.74, 6) is -1.06. The molecule has 4 nitrogen and oxygen atoms in total. The maximum atomic E-state index is 11.9. The molecule has 0 aromatic carbocycles. The molecule has 0 aromatic rings. The average molecular weight is 227 g/mol. The summed E-state index contributed by atoms with van der Waals surface area (Å²) in [6.45, 7) is 4.61. The van der Waals surface area contributed by atoms with Gasteiger partial charge in [-0.1, -0.05) is 13.3 Å². The van der Waals surface area contributed by atoms with Crippen LogP contribution in [0.5, 0.6) is 0 Å². The number of likely N-dealkylation sites (tertiary alicyclic amines) is 1. The van der Waals surface area contributed by atoms with E-state index in [9.17, 15) is 9.59 Å². The fourth-order valence-corrected chi connectivity index (χ4v) is 2.30. The van der Waals surface area contributed by atoms with Crippen molar-refractivity contribution in [2.24, 2.45) is 5.92 Å². The van der Waals surface area contributed by atoms with Crippen molar-refractivity contribution in [2.75, 3.05) is 6.54 Å². The van der Waals surface area contributed by atoms with Crippen molar-refractivity contribution in [3.63, 3.8) is 0 Å². The van der Waals surface area contributed by atoms with Crippen LogP contribution >= 0.6 is 0 Å². The van der Waals surface area contributed by atoms with E-state index in [-0.39, 0.29) is 17.9 Å². The van der Waals surface area contributed by atoms with Crippen LogP contribution < -0.4 is 0 Å². The van der Waals surface area contributed by atoms with E-state index in [1.54, 1.807) is 4.90 Å². The maximum Gasteiger partial charge on any atom is 0.308 e. The summed E-state index contributed by atoms with van der Waals surface area (Å²) >= 11 is 0. The van der Waals surface area contributed by atoms with Crippen LogP contribution in [0.2, 0.25) is 0 Å². The SMILES string of the molecule is CCCCC(=O)N1CCC[C@H](C(=O)O)[C@@H]1C. The van der Waals surface area contributed by atoms with Crippen LogP contribution in [0.1, 0.15) is 46.0 Å². The highest BCUT2D eigenvalue weighted by molar-refractivity contribution is 5.78. The number of carboxylic acid groups (broad SMARTS) is 1. The Morgan fingerprint density at radius 2 is 2.12 bits per heavy atom. The molecule has 1 aliphatic rings. The minimum atomic E-state index is -0.777. The standard InChI is InChI=1S/C12H21NO3/c1-3-4-7-11(14)13-8-5-6-10(9(13)2)12(15)16/h9-10H,3-8H2,1-2H3,(H,15,16)/t9-,10-/m0/s1. The van der Waals surface area contributed by atoms with E-state index in [4.69, 9.17) is 5.11 Å². The average Bonchev–Trinajstić information content (AvgIpc) is 2.25. The second-order valence-electron chi connectivity index (χ2n) is 4.52. The first-order valence-electron chi connectivity index (χ1n) is 6.10. The Hall–Kier alpha value is -1.06. The molecule has 0 aromatic heterocycles. The highest BCUT2D eigenvalue weighted by atomic mass is 16.4. The lowest BCUT2D eigenvalue weighted by atomic mass is 9.90. The number of unbranched alkanes of at least 4 members (excludes halogenated alkanes) is 1. The van der Waals surface area contributed by atoms with Gasteiger partial charge in [0.1, 0.15) is 0 Å². The van der Waals surface area contributed by atoms with Gasteiger partial charge in [-0.05, 0) is 26.2 Å². The van der Waals surface area contributed by atoms with Crippen molar-refractivity contribution in [1.82, 2.24) is 4.90 Å². The van der Waals surface area contributed by atoms with Gasteiger partial charge >= 0.3 is 5.97 Å². The summed E-state index contributed by atoms with van der Waals surface area (Å²) in [5, 5.41) is 9.05. The molecule has 0 unspecified atom stereocenters. The number of rotatable bonds is 4. The third-order valence-electron chi connectivity index (χ3n) is 3.37. The molecular formula is C12H21NO3. The van der Waals surface area contributed by atoms with Crippen LogP contribution in [0.3, 0.4) is 0 Å². The smallest absolute Gasteiger partial charge is 0.308 e. The largest absolute Gasteiger partial charge is 0.481 e. The summed E-state index contributed by atoms with van der Waals surface area (Å²) in [5.41, 5.74) is 0. The summed E-state index contributed by atoms with van der Waals surface area (Å²) in [6, 6.07) is -0.157. The second kappa shape index (κ2) is 5.87. The molecule has 1 amide bonds. The van der Waals surface area contributed by atoms with Gasteiger partial charge in [0.15, 0.2) is 0 Å². The minimum absolute atomic E-state index is 0.111. The van der Waals surface area contributed by atoms with Gasteiger partial charge in [0.25, 0.3) is 0 Å². The number of carbonyl (C=O) groups excluding carboxylic acids is 1. The Morgan fingerprint density at radius 3 is 2.69 bits per heavy atom. The monoisotopic (exact) mass is 227 g/mol. The minimum Gasteiger partial charge on any atom is -0.481 e.